The van der Waals surface area contributed by atoms with Crippen LogP contribution < -0.4 is 5.32 Å². The number of likely N-dealkylation sites (tertiary alicyclic amines) is 1. The van der Waals surface area contributed by atoms with Crippen LogP contribution in [0.1, 0.15) is 24.2 Å². The number of nitrogens with zero attached hydrogens (tertiary/aromatic N) is 3. The van der Waals surface area contributed by atoms with E-state index in [4.69, 9.17) is 0 Å². The van der Waals surface area contributed by atoms with Crippen LogP contribution >= 0.6 is 0 Å². The summed E-state index contributed by atoms with van der Waals surface area (Å²) in [5.41, 5.74) is 3.36. The minimum atomic E-state index is -0.427. The third-order valence-corrected chi connectivity index (χ3v) is 4.21. The summed E-state index contributed by atoms with van der Waals surface area (Å²) >= 11 is 0. The summed E-state index contributed by atoms with van der Waals surface area (Å²) in [6, 6.07) is 9.65. The number of anilines is 1. The van der Waals surface area contributed by atoms with Crippen LogP contribution in [0.5, 0.6) is 0 Å². The minimum absolute atomic E-state index is 0.178. The predicted molar refractivity (Wildman–Crippen MR) is 88.9 cm³/mol. The van der Waals surface area contributed by atoms with Crippen LogP contribution in [0.3, 0.4) is 0 Å². The largest absolute Gasteiger partial charge is 0.391 e. The molecule has 6 heteroatoms. The number of carbonyl (C=O) groups is 1. The maximum atomic E-state index is 12.4. The van der Waals surface area contributed by atoms with E-state index in [0.29, 0.717) is 13.1 Å². The van der Waals surface area contributed by atoms with Crippen molar-refractivity contribution in [1.29, 1.82) is 0 Å². The van der Waals surface area contributed by atoms with E-state index in [9.17, 15) is 9.90 Å². The fourth-order valence-corrected chi connectivity index (χ4v) is 2.97. The smallest absolute Gasteiger partial charge is 0.322 e. The average Bonchev–Trinajstić information content (AvgIpc) is 2.84. The maximum absolute atomic E-state index is 12.4. The Labute approximate surface area is 135 Å². The van der Waals surface area contributed by atoms with Crippen LogP contribution in [0.25, 0.3) is 5.69 Å². The van der Waals surface area contributed by atoms with E-state index < -0.39 is 6.10 Å². The van der Waals surface area contributed by atoms with Gasteiger partial charge in [0.05, 0.1) is 28.9 Å². The number of carbonyl (C=O) groups excluding carboxylic acids is 1. The first kappa shape index (κ1) is 15.6. The zero-order valence-electron chi connectivity index (χ0n) is 13.5. The predicted octanol–water partition coefficient (Wildman–Crippen LogP) is 2.48. The zero-order chi connectivity index (χ0) is 16.4. The lowest BCUT2D eigenvalue weighted by atomic mass is 10.1. The Morgan fingerprint density at radius 2 is 2.04 bits per heavy atom. The van der Waals surface area contributed by atoms with Gasteiger partial charge in [0.15, 0.2) is 0 Å². The van der Waals surface area contributed by atoms with Gasteiger partial charge in [0.1, 0.15) is 0 Å². The van der Waals surface area contributed by atoms with Gasteiger partial charge in [-0.2, -0.15) is 5.10 Å². The summed E-state index contributed by atoms with van der Waals surface area (Å²) in [7, 11) is 0. The first-order valence-corrected chi connectivity index (χ1v) is 7.92. The molecule has 1 fully saturated rings. The number of urea groups is 1. The van der Waals surface area contributed by atoms with Crippen molar-refractivity contribution in [2.45, 2.75) is 32.8 Å². The highest BCUT2D eigenvalue weighted by Crippen LogP contribution is 2.23. The van der Waals surface area contributed by atoms with Crippen molar-refractivity contribution in [3.8, 4) is 5.69 Å². The first-order chi connectivity index (χ1) is 11.1. The third-order valence-electron chi connectivity index (χ3n) is 4.21. The van der Waals surface area contributed by atoms with E-state index >= 15 is 0 Å². The Bertz CT molecular complexity index is 696. The minimum Gasteiger partial charge on any atom is -0.391 e. The lowest BCUT2D eigenvalue weighted by molar-refractivity contribution is 0.0883. The SMILES string of the molecule is Cc1nn(-c2ccccc2)c(C)c1NC(=O)N1CCCC(O)C1. The Morgan fingerprint density at radius 1 is 1.30 bits per heavy atom. The number of aliphatic hydroxyl groups excluding tert-OH is 1. The van der Waals surface area contributed by atoms with Crippen LogP contribution in [0.2, 0.25) is 0 Å². The van der Waals surface area contributed by atoms with Crippen molar-refractivity contribution in [3.63, 3.8) is 0 Å². The quantitative estimate of drug-likeness (QED) is 0.894. The number of benzene rings is 1. The molecule has 2 amide bonds. The molecule has 1 aliphatic rings. The summed E-state index contributed by atoms with van der Waals surface area (Å²) < 4.78 is 1.83. The molecule has 1 unspecified atom stereocenters. The Hall–Kier alpha value is -2.34. The number of nitrogens with one attached hydrogen (secondary N) is 1. The molecule has 122 valence electrons. The molecule has 1 saturated heterocycles. The maximum Gasteiger partial charge on any atom is 0.322 e. The number of hydrogen-bond acceptors (Lipinski definition) is 3. The van der Waals surface area contributed by atoms with E-state index in [1.165, 1.54) is 0 Å². The zero-order valence-corrected chi connectivity index (χ0v) is 13.5. The van der Waals surface area contributed by atoms with Gasteiger partial charge >= 0.3 is 6.03 Å². The van der Waals surface area contributed by atoms with E-state index in [-0.39, 0.29) is 6.03 Å². The van der Waals surface area contributed by atoms with Crippen LogP contribution in [0.15, 0.2) is 30.3 Å². The summed E-state index contributed by atoms with van der Waals surface area (Å²) in [6.45, 7) is 4.88. The highest BCUT2D eigenvalue weighted by atomic mass is 16.3. The van der Waals surface area contributed by atoms with E-state index in [2.05, 4.69) is 10.4 Å². The molecule has 2 heterocycles. The fraction of sp³-hybridized carbons (Fsp3) is 0.412. The molecule has 0 radical (unpaired) electrons. The molecule has 2 N–H and O–H groups in total. The van der Waals surface area contributed by atoms with Gasteiger partial charge < -0.3 is 15.3 Å². The molecule has 1 aromatic heterocycles. The van der Waals surface area contributed by atoms with Crippen molar-refractivity contribution in [1.82, 2.24) is 14.7 Å². The number of hydrogen-bond donors (Lipinski definition) is 2. The molecule has 1 aromatic carbocycles. The number of rotatable bonds is 2. The summed E-state index contributed by atoms with van der Waals surface area (Å²) in [6.07, 6.45) is 1.16. The number of para-hydroxylation sites is 1. The first-order valence-electron chi connectivity index (χ1n) is 7.92. The second-order valence-electron chi connectivity index (χ2n) is 5.97. The van der Waals surface area contributed by atoms with Gasteiger partial charge in [0, 0.05) is 13.1 Å². The fourth-order valence-electron chi connectivity index (χ4n) is 2.97. The lowest BCUT2D eigenvalue weighted by Crippen LogP contribution is -2.44. The monoisotopic (exact) mass is 314 g/mol. The topological polar surface area (TPSA) is 70.4 Å². The Morgan fingerprint density at radius 3 is 2.74 bits per heavy atom. The number of amides is 2. The Balaban J connectivity index is 1.81. The average molecular weight is 314 g/mol. The molecule has 3 rings (SSSR count). The molecular weight excluding hydrogens is 292 g/mol. The normalized spacial score (nSPS) is 18.0. The number of piperidine rings is 1. The highest BCUT2D eigenvalue weighted by molar-refractivity contribution is 5.90. The molecule has 1 aliphatic heterocycles. The van der Waals surface area contributed by atoms with E-state index in [0.717, 1.165) is 35.6 Å². The van der Waals surface area contributed by atoms with Gasteiger partial charge in [-0.05, 0) is 38.8 Å². The van der Waals surface area contributed by atoms with Gasteiger partial charge in [0.25, 0.3) is 0 Å². The molecule has 2 aromatic rings. The number of β-amino-alcohol motifs (C(OH)–C–C–N with tert-alkyl or cyclic N) is 1. The van der Waals surface area contributed by atoms with Crippen molar-refractivity contribution >= 4 is 11.7 Å². The summed E-state index contributed by atoms with van der Waals surface area (Å²) in [5, 5.41) is 17.2. The standard InChI is InChI=1S/C17H22N4O2/c1-12-16(18-17(23)20-10-6-9-15(22)11-20)13(2)21(19-12)14-7-4-3-5-8-14/h3-5,7-8,15,22H,6,9-11H2,1-2H3,(H,18,23). The third kappa shape index (κ3) is 3.22. The lowest BCUT2D eigenvalue weighted by Gasteiger charge is -2.30. The van der Waals surface area contributed by atoms with Crippen molar-refractivity contribution < 1.29 is 9.90 Å². The van der Waals surface area contributed by atoms with Crippen molar-refractivity contribution in [2.24, 2.45) is 0 Å². The molecular formula is C17H22N4O2. The molecule has 0 saturated carbocycles. The van der Waals surface area contributed by atoms with E-state index in [1.54, 1.807) is 4.90 Å². The Kier molecular flexibility index (Phi) is 4.34. The summed E-state index contributed by atoms with van der Waals surface area (Å²) in [4.78, 5) is 14.1. The van der Waals surface area contributed by atoms with Gasteiger partial charge in [-0.3, -0.25) is 0 Å². The molecule has 0 spiro atoms. The van der Waals surface area contributed by atoms with Gasteiger partial charge in [-0.1, -0.05) is 18.2 Å². The molecule has 6 nitrogen and oxygen atoms in total. The molecule has 0 aliphatic carbocycles. The second-order valence-corrected chi connectivity index (χ2v) is 5.97. The van der Waals surface area contributed by atoms with Crippen molar-refractivity contribution in [3.05, 3.63) is 41.7 Å². The second kappa shape index (κ2) is 6.42. The molecule has 1 atom stereocenters. The van der Waals surface area contributed by atoms with Gasteiger partial charge in [0.2, 0.25) is 0 Å². The van der Waals surface area contributed by atoms with Crippen LogP contribution in [0.4, 0.5) is 10.5 Å². The van der Waals surface area contributed by atoms with Crippen LogP contribution in [-0.2, 0) is 0 Å². The van der Waals surface area contributed by atoms with Crippen LogP contribution in [-0.4, -0.2) is 45.0 Å². The van der Waals surface area contributed by atoms with E-state index in [1.807, 2.05) is 48.9 Å². The number of aromatic nitrogens is 2. The van der Waals surface area contributed by atoms with Gasteiger partial charge in [-0.25, -0.2) is 9.48 Å². The van der Waals surface area contributed by atoms with Crippen LogP contribution in [0, 0.1) is 13.8 Å². The number of aryl methyl sites for hydroxylation is 1. The number of aliphatic hydroxyl groups is 1. The van der Waals surface area contributed by atoms with Crippen molar-refractivity contribution in [2.75, 3.05) is 18.4 Å². The summed E-state index contributed by atoms with van der Waals surface area (Å²) in [5.74, 6) is 0. The molecule has 23 heavy (non-hydrogen) atoms. The highest BCUT2D eigenvalue weighted by Gasteiger charge is 2.24. The molecule has 0 bridgehead atoms. The van der Waals surface area contributed by atoms with Gasteiger partial charge in [-0.15, -0.1) is 0 Å².